The van der Waals surface area contributed by atoms with Crippen molar-refractivity contribution in [3.05, 3.63) is 68.6 Å². The number of aryl methyl sites for hydroxylation is 1. The number of pyridine rings is 1. The van der Waals surface area contributed by atoms with Crippen molar-refractivity contribution in [3.8, 4) is 0 Å². The lowest BCUT2D eigenvalue weighted by atomic mass is 9.98. The van der Waals surface area contributed by atoms with Gasteiger partial charge in [-0.2, -0.15) is 0 Å². The number of benzene rings is 1. The predicted octanol–water partition coefficient (Wildman–Crippen LogP) is 2.00. The van der Waals surface area contributed by atoms with E-state index in [4.69, 9.17) is 11.6 Å². The number of halogens is 1. The van der Waals surface area contributed by atoms with Crippen LogP contribution in [0.25, 0.3) is 6.08 Å². The molecule has 1 saturated heterocycles. The van der Waals surface area contributed by atoms with E-state index in [9.17, 15) is 9.90 Å². The lowest BCUT2D eigenvalue weighted by Gasteiger charge is -2.37. The van der Waals surface area contributed by atoms with E-state index in [0.717, 1.165) is 54.4 Å². The molecule has 1 aliphatic carbocycles. The molecule has 6 nitrogen and oxygen atoms in total. The summed E-state index contributed by atoms with van der Waals surface area (Å²) in [6, 6.07) is 9.62. The molecule has 1 aromatic heterocycles. The highest BCUT2D eigenvalue weighted by molar-refractivity contribution is 6.31. The quantitative estimate of drug-likeness (QED) is 0.653. The van der Waals surface area contributed by atoms with Crippen LogP contribution in [-0.4, -0.2) is 60.0 Å². The number of hydrogen-bond donors (Lipinski definition) is 3. The summed E-state index contributed by atoms with van der Waals surface area (Å²) >= 11 is 6.13. The zero-order valence-electron chi connectivity index (χ0n) is 16.6. The monoisotopic (exact) mass is 414 g/mol. The smallest absolute Gasteiger partial charge is 0.248 e. The Kier molecular flexibility index (Phi) is 6.06. The molecule has 1 aliphatic heterocycles. The fourth-order valence-corrected chi connectivity index (χ4v) is 4.16. The standard InChI is InChI=1S/C22H27ClN4O2/c1-15-12-18(4-5-19(15)23)27-10-8-26(9-11-27)14-22(29)24-17-3-6-20-16(13-17)2-7-21(28)25-20/h2-7,12,17,22,24,29H,8-11,13-14H2,1H3,(H,25,28). The molecule has 29 heavy (non-hydrogen) atoms. The Labute approximate surface area is 175 Å². The number of H-pyrrole nitrogens is 1. The Morgan fingerprint density at radius 1 is 1.24 bits per heavy atom. The van der Waals surface area contributed by atoms with Crippen molar-refractivity contribution < 1.29 is 5.11 Å². The minimum atomic E-state index is -0.599. The Morgan fingerprint density at radius 2 is 2.03 bits per heavy atom. The topological polar surface area (TPSA) is 71.6 Å². The molecule has 7 heteroatoms. The second kappa shape index (κ2) is 8.71. The predicted molar refractivity (Wildman–Crippen MR) is 118 cm³/mol. The molecule has 2 aromatic rings. The van der Waals surface area contributed by atoms with Crippen molar-refractivity contribution in [2.45, 2.75) is 25.6 Å². The van der Waals surface area contributed by atoms with Gasteiger partial charge in [0.2, 0.25) is 5.56 Å². The average Bonchev–Trinajstić information content (AvgIpc) is 2.71. The van der Waals surface area contributed by atoms with Gasteiger partial charge in [0.25, 0.3) is 0 Å². The van der Waals surface area contributed by atoms with Gasteiger partial charge in [0.05, 0.1) is 0 Å². The van der Waals surface area contributed by atoms with Gasteiger partial charge in [-0.15, -0.1) is 0 Å². The van der Waals surface area contributed by atoms with Crippen molar-refractivity contribution >= 4 is 23.4 Å². The van der Waals surface area contributed by atoms with Crippen LogP contribution < -0.4 is 15.8 Å². The Morgan fingerprint density at radius 3 is 2.79 bits per heavy atom. The van der Waals surface area contributed by atoms with Crippen molar-refractivity contribution in [1.82, 2.24) is 15.2 Å². The van der Waals surface area contributed by atoms with Gasteiger partial charge in [-0.05, 0) is 48.7 Å². The first-order valence-corrected chi connectivity index (χ1v) is 10.4. The fraction of sp³-hybridized carbons (Fsp3) is 0.409. The molecular weight excluding hydrogens is 388 g/mol. The van der Waals surface area contributed by atoms with Crippen LogP contribution in [0.2, 0.25) is 5.02 Å². The molecule has 4 rings (SSSR count). The Balaban J connectivity index is 1.26. The number of nitrogens with one attached hydrogen (secondary N) is 2. The molecular formula is C22H27ClN4O2. The number of fused-ring (bicyclic) bond motifs is 1. The first-order chi connectivity index (χ1) is 14.0. The van der Waals surface area contributed by atoms with E-state index >= 15 is 0 Å². The van der Waals surface area contributed by atoms with E-state index in [1.165, 1.54) is 5.69 Å². The van der Waals surface area contributed by atoms with Crippen LogP contribution in [0.5, 0.6) is 0 Å². The molecule has 154 valence electrons. The minimum absolute atomic E-state index is 0.0572. The number of nitrogens with zero attached hydrogens (tertiary/aromatic N) is 2. The maximum atomic E-state index is 11.4. The van der Waals surface area contributed by atoms with Crippen molar-refractivity contribution in [2.24, 2.45) is 0 Å². The van der Waals surface area contributed by atoms with Crippen LogP contribution in [0.15, 0.2) is 41.2 Å². The zero-order chi connectivity index (χ0) is 20.4. The normalized spacial score (nSPS) is 20.5. The zero-order valence-corrected chi connectivity index (χ0v) is 17.3. The highest BCUT2D eigenvalue weighted by Gasteiger charge is 2.22. The van der Waals surface area contributed by atoms with Crippen LogP contribution >= 0.6 is 11.6 Å². The molecule has 0 spiro atoms. The summed E-state index contributed by atoms with van der Waals surface area (Å²) in [7, 11) is 0. The molecule has 0 amide bonds. The number of rotatable bonds is 5. The van der Waals surface area contributed by atoms with Crippen LogP contribution in [0.3, 0.4) is 0 Å². The fourth-order valence-electron chi connectivity index (χ4n) is 4.04. The highest BCUT2D eigenvalue weighted by atomic mass is 35.5. The van der Waals surface area contributed by atoms with E-state index in [0.29, 0.717) is 6.54 Å². The van der Waals surface area contributed by atoms with Crippen LogP contribution in [-0.2, 0) is 6.42 Å². The summed E-state index contributed by atoms with van der Waals surface area (Å²) in [5, 5.41) is 14.6. The molecule has 3 N–H and O–H groups in total. The third-order valence-electron chi connectivity index (χ3n) is 5.69. The third kappa shape index (κ3) is 4.90. The van der Waals surface area contributed by atoms with E-state index in [-0.39, 0.29) is 11.6 Å². The number of aliphatic hydroxyl groups is 1. The summed E-state index contributed by atoms with van der Waals surface area (Å²) in [5.41, 5.74) is 4.15. The second-order valence-corrected chi connectivity index (χ2v) is 8.24. The molecule has 1 fully saturated rings. The Hall–Kier alpha value is -2.12. The van der Waals surface area contributed by atoms with Crippen LogP contribution in [0.4, 0.5) is 5.69 Å². The summed E-state index contributed by atoms with van der Waals surface area (Å²) in [6.45, 7) is 6.29. The third-order valence-corrected chi connectivity index (χ3v) is 6.12. The molecule has 0 radical (unpaired) electrons. The maximum Gasteiger partial charge on any atom is 0.248 e. The lowest BCUT2D eigenvalue weighted by molar-refractivity contribution is 0.0765. The van der Waals surface area contributed by atoms with Crippen LogP contribution in [0, 0.1) is 6.92 Å². The molecule has 1 aromatic carbocycles. The first-order valence-electron chi connectivity index (χ1n) is 10.1. The van der Waals surface area contributed by atoms with Gasteiger partial charge >= 0.3 is 0 Å². The molecule has 2 atom stereocenters. The molecule has 2 unspecified atom stereocenters. The number of hydrogen-bond acceptors (Lipinski definition) is 5. The summed E-state index contributed by atoms with van der Waals surface area (Å²) in [4.78, 5) is 18.9. The van der Waals surface area contributed by atoms with E-state index < -0.39 is 6.23 Å². The minimum Gasteiger partial charge on any atom is -0.377 e. The largest absolute Gasteiger partial charge is 0.377 e. The number of anilines is 1. The van der Waals surface area contributed by atoms with Gasteiger partial charge in [-0.25, -0.2) is 0 Å². The Bertz CT molecular complexity index is 950. The van der Waals surface area contributed by atoms with Gasteiger partial charge in [0.15, 0.2) is 0 Å². The summed E-state index contributed by atoms with van der Waals surface area (Å²) in [6.07, 6.45) is 4.07. The van der Waals surface area contributed by atoms with E-state index in [1.807, 2.05) is 31.2 Å². The highest BCUT2D eigenvalue weighted by Crippen LogP contribution is 2.23. The van der Waals surface area contributed by atoms with Crippen LogP contribution in [0.1, 0.15) is 16.8 Å². The number of β-amino-alcohol motifs (C(OH)–C–C–N with tert-alkyl or cyclic N) is 1. The first kappa shape index (κ1) is 20.2. The summed E-state index contributed by atoms with van der Waals surface area (Å²) in [5.74, 6) is 0. The number of aromatic amines is 1. The maximum absolute atomic E-state index is 11.4. The van der Waals surface area contributed by atoms with E-state index in [1.54, 1.807) is 6.07 Å². The molecule has 0 bridgehead atoms. The average molecular weight is 415 g/mol. The summed E-state index contributed by atoms with van der Waals surface area (Å²) < 4.78 is 0. The van der Waals surface area contributed by atoms with Gasteiger partial charge in [0.1, 0.15) is 6.23 Å². The van der Waals surface area contributed by atoms with Gasteiger partial charge < -0.3 is 15.0 Å². The number of piperazine rings is 1. The van der Waals surface area contributed by atoms with Gasteiger partial charge in [-0.3, -0.25) is 15.0 Å². The molecule has 2 heterocycles. The second-order valence-electron chi connectivity index (χ2n) is 7.83. The SMILES string of the molecule is Cc1cc(N2CCN(CC(O)NC3C=Cc4[nH]c(=O)ccc4C3)CC2)ccc1Cl. The number of aliphatic hydroxyl groups excluding tert-OH is 1. The molecule has 0 saturated carbocycles. The molecule has 2 aliphatic rings. The van der Waals surface area contributed by atoms with Crippen molar-refractivity contribution in [2.75, 3.05) is 37.6 Å². The van der Waals surface area contributed by atoms with Crippen molar-refractivity contribution in [3.63, 3.8) is 0 Å². The lowest BCUT2D eigenvalue weighted by Crippen LogP contribution is -2.52. The van der Waals surface area contributed by atoms with Gasteiger partial charge in [0, 0.05) is 61.2 Å². The van der Waals surface area contributed by atoms with Gasteiger partial charge in [-0.1, -0.05) is 23.7 Å². The van der Waals surface area contributed by atoms with E-state index in [2.05, 4.69) is 32.2 Å². The van der Waals surface area contributed by atoms with Crippen molar-refractivity contribution in [1.29, 1.82) is 0 Å². The number of aromatic nitrogens is 1.